The van der Waals surface area contributed by atoms with Crippen LogP contribution in [0, 0.1) is 0 Å². The molecule has 0 saturated heterocycles. The first kappa shape index (κ1) is 27.2. The van der Waals surface area contributed by atoms with Gasteiger partial charge >= 0.3 is 0 Å². The van der Waals surface area contributed by atoms with Crippen molar-refractivity contribution >= 4 is 54.5 Å². The monoisotopic (exact) mass is 701 g/mol. The van der Waals surface area contributed by atoms with E-state index in [1.165, 1.54) is 22.3 Å². The number of furan rings is 1. The van der Waals surface area contributed by atoms with E-state index < -0.39 is 6.04 Å². The van der Waals surface area contributed by atoms with Crippen molar-refractivity contribution in [3.05, 3.63) is 169 Å². The second kappa shape index (κ2) is 12.6. The van der Waals surface area contributed by atoms with Crippen molar-refractivity contribution in [3.63, 3.8) is 0 Å². The highest BCUT2D eigenvalue weighted by Crippen LogP contribution is 2.43. The maximum absolute atomic E-state index is 8.54. The first-order valence-corrected chi connectivity index (χ1v) is 18.6. The van der Waals surface area contributed by atoms with E-state index in [0.717, 1.165) is 71.6 Å². The Morgan fingerprint density at radius 2 is 1.28 bits per heavy atom. The largest absolute Gasteiger partial charge is 0.455 e. The number of hydrogen-bond acceptors (Lipinski definition) is 2. The molecule has 10 aromatic rings. The fourth-order valence-corrected chi connectivity index (χ4v) is 8.13. The molecule has 0 amide bonds. The van der Waals surface area contributed by atoms with E-state index in [1.54, 1.807) is 0 Å². The molecule has 260 valence electrons. The van der Waals surface area contributed by atoms with Crippen LogP contribution in [0.2, 0.25) is 0 Å². The Kier molecular flexibility index (Phi) is 6.35. The first-order valence-electron chi connectivity index (χ1n) is 21.1. The third kappa shape index (κ3) is 5.15. The molecular weight excluding hydrogens is 657 g/mol. The molecule has 2 aromatic heterocycles. The number of fused-ring (bicyclic) bond motifs is 7. The Morgan fingerprint density at radius 1 is 0.556 bits per heavy atom. The summed E-state index contributed by atoms with van der Waals surface area (Å²) in [7, 11) is 0. The molecule has 8 aromatic carbocycles. The highest BCUT2D eigenvalue weighted by Gasteiger charge is 2.25. The van der Waals surface area contributed by atoms with Gasteiger partial charge < -0.3 is 4.42 Å². The molecule has 0 aliphatic rings. The number of para-hydroxylation sites is 3. The zero-order valence-corrected chi connectivity index (χ0v) is 30.6. The summed E-state index contributed by atoms with van der Waals surface area (Å²) in [6.07, 6.45) is 0. The van der Waals surface area contributed by atoms with E-state index in [9.17, 15) is 0 Å². The summed E-state index contributed by atoms with van der Waals surface area (Å²) in [5, 5.41) is 5.92. The van der Waals surface area contributed by atoms with Gasteiger partial charge in [0.25, 0.3) is 0 Å². The average molecular weight is 702 g/mol. The molecule has 10 rings (SSSR count). The van der Waals surface area contributed by atoms with E-state index in [2.05, 4.69) is 129 Å². The maximum atomic E-state index is 8.54. The van der Waals surface area contributed by atoms with Crippen LogP contribution in [0.25, 0.3) is 93.8 Å². The van der Waals surface area contributed by atoms with Crippen LogP contribution in [0.5, 0.6) is 0 Å². The number of imidazole rings is 1. The minimum Gasteiger partial charge on any atom is -0.455 e. The Morgan fingerprint density at radius 3 is 2.04 bits per heavy atom. The summed E-state index contributed by atoms with van der Waals surface area (Å²) in [6, 6.07) is 42.6. The van der Waals surface area contributed by atoms with E-state index in [1.807, 2.05) is 30.3 Å². The number of rotatable bonds is 6. The lowest BCUT2D eigenvalue weighted by atomic mass is 9.88. The molecule has 54 heavy (non-hydrogen) atoms. The van der Waals surface area contributed by atoms with Gasteiger partial charge in [0, 0.05) is 10.8 Å². The smallest absolute Gasteiger partial charge is 0.149 e. The summed E-state index contributed by atoms with van der Waals surface area (Å²) < 4.78 is 50.8. The molecule has 0 radical (unpaired) electrons. The zero-order valence-electron chi connectivity index (χ0n) is 35.6. The molecule has 3 nitrogen and oxygen atoms in total. The van der Waals surface area contributed by atoms with Crippen LogP contribution in [0.1, 0.15) is 57.5 Å². The van der Waals surface area contributed by atoms with E-state index in [-0.39, 0.29) is 41.6 Å². The molecule has 0 aliphatic heterocycles. The van der Waals surface area contributed by atoms with Gasteiger partial charge in [0.2, 0.25) is 0 Å². The molecular formula is C51H40N2O. The van der Waals surface area contributed by atoms with Crippen molar-refractivity contribution in [1.82, 2.24) is 9.55 Å². The summed E-state index contributed by atoms with van der Waals surface area (Å²) in [4.78, 5) is 5.36. The van der Waals surface area contributed by atoms with Crippen molar-refractivity contribution in [2.24, 2.45) is 0 Å². The summed E-state index contributed by atoms with van der Waals surface area (Å²) in [5.74, 6) is 1.29. The summed E-state index contributed by atoms with van der Waals surface area (Å²) in [5.41, 5.74) is 11.2. The molecule has 0 aliphatic carbocycles. The van der Waals surface area contributed by atoms with Gasteiger partial charge in [-0.3, -0.25) is 4.57 Å². The quantitative estimate of drug-likeness (QED) is 0.162. The van der Waals surface area contributed by atoms with Crippen molar-refractivity contribution in [3.8, 4) is 39.3 Å². The lowest BCUT2D eigenvalue weighted by molar-refractivity contribution is 0.670. The van der Waals surface area contributed by atoms with Gasteiger partial charge in [0.15, 0.2) is 0 Å². The van der Waals surface area contributed by atoms with Gasteiger partial charge in [-0.1, -0.05) is 137 Å². The van der Waals surface area contributed by atoms with Crippen LogP contribution in [0.3, 0.4) is 0 Å². The number of hydrogen-bond donors (Lipinski definition) is 0. The lowest BCUT2D eigenvalue weighted by Gasteiger charge is -2.24. The lowest BCUT2D eigenvalue weighted by Crippen LogP contribution is -2.09. The van der Waals surface area contributed by atoms with Crippen LogP contribution >= 0.6 is 0 Å². The number of benzene rings is 8. The number of aromatic nitrogens is 2. The highest BCUT2D eigenvalue weighted by atomic mass is 16.3. The Hall–Kier alpha value is -6.45. The molecule has 0 N–H and O–H groups in total. The van der Waals surface area contributed by atoms with E-state index in [4.69, 9.17) is 16.3 Å². The summed E-state index contributed by atoms with van der Waals surface area (Å²) >= 11 is 0. The SMILES string of the molecule is [2H]c1c([2H])c([2H])c(-c2ccc3c(ccc4cc5c(cc43)oc3c(-c4nc6ccccc6n4-c4c(C(C)C)cc(-c6ccccc6)cc4C(C)C)cccc35)c2)c([2H])c1[2H]. The molecule has 0 spiro atoms. The second-order valence-corrected chi connectivity index (χ2v) is 14.8. The summed E-state index contributed by atoms with van der Waals surface area (Å²) in [6.45, 7) is 9.06. The number of nitrogens with zero attached hydrogens (tertiary/aromatic N) is 2. The fraction of sp³-hybridized carbons (Fsp3) is 0.118. The first-order chi connectivity index (χ1) is 28.5. The average Bonchev–Trinajstić information content (AvgIpc) is 3.82. The Bertz CT molecular complexity index is 3290. The Labute approximate surface area is 322 Å². The van der Waals surface area contributed by atoms with Gasteiger partial charge in [-0.25, -0.2) is 4.98 Å². The highest BCUT2D eigenvalue weighted by molar-refractivity contribution is 6.17. The van der Waals surface area contributed by atoms with Crippen LogP contribution in [0.15, 0.2) is 162 Å². The van der Waals surface area contributed by atoms with Gasteiger partial charge in [-0.15, -0.1) is 0 Å². The molecule has 3 heteroatoms. The van der Waals surface area contributed by atoms with Crippen molar-refractivity contribution in [2.45, 2.75) is 39.5 Å². The second-order valence-electron chi connectivity index (χ2n) is 14.8. The maximum Gasteiger partial charge on any atom is 0.149 e. The fourth-order valence-electron chi connectivity index (χ4n) is 8.13. The standard InChI is InChI=1S/C51H40N2O/c1-31(2)42-28-38(34-16-9-6-10-17-34)29-43(32(3)4)49(42)53-47-21-12-11-20-46(47)52-51(53)41-19-13-18-40-45-27-37-23-22-36-26-35(33-14-7-5-8-15-33)24-25-39(36)44(37)30-48(45)54-50(40)41/h5-32H,1-4H3/i5D,7D,8D,14D,15D. The predicted octanol–water partition coefficient (Wildman–Crippen LogP) is 14.5. The predicted molar refractivity (Wildman–Crippen MR) is 228 cm³/mol. The minimum atomic E-state index is -0.399. The van der Waals surface area contributed by atoms with Crippen LogP contribution in [0.4, 0.5) is 0 Å². The third-order valence-corrected chi connectivity index (χ3v) is 10.8. The molecule has 0 fully saturated rings. The van der Waals surface area contributed by atoms with E-state index >= 15 is 0 Å². The van der Waals surface area contributed by atoms with Gasteiger partial charge in [-0.2, -0.15) is 0 Å². The van der Waals surface area contributed by atoms with Crippen molar-refractivity contribution in [2.75, 3.05) is 0 Å². The topological polar surface area (TPSA) is 31.0 Å². The minimum absolute atomic E-state index is 0.192. The van der Waals surface area contributed by atoms with Crippen molar-refractivity contribution in [1.29, 1.82) is 0 Å². The van der Waals surface area contributed by atoms with Crippen LogP contribution in [-0.4, -0.2) is 9.55 Å². The van der Waals surface area contributed by atoms with Gasteiger partial charge in [0.1, 0.15) is 17.0 Å². The van der Waals surface area contributed by atoms with Crippen LogP contribution in [-0.2, 0) is 0 Å². The normalized spacial score (nSPS) is 13.3. The molecule has 0 unspecified atom stereocenters. The van der Waals surface area contributed by atoms with Gasteiger partial charge in [0.05, 0.1) is 29.1 Å². The zero-order chi connectivity index (χ0) is 40.9. The Balaban J connectivity index is 1.19. The van der Waals surface area contributed by atoms with Gasteiger partial charge in [-0.05, 0) is 115 Å². The molecule has 2 heterocycles. The van der Waals surface area contributed by atoms with Crippen molar-refractivity contribution < 1.29 is 11.3 Å². The van der Waals surface area contributed by atoms with E-state index in [0.29, 0.717) is 5.56 Å². The van der Waals surface area contributed by atoms with Crippen LogP contribution < -0.4 is 0 Å². The molecule has 0 atom stereocenters. The molecule has 0 bridgehead atoms. The molecule has 0 saturated carbocycles. The third-order valence-electron chi connectivity index (χ3n) is 10.8.